The molecule has 0 bridgehead atoms. The zero-order valence-corrected chi connectivity index (χ0v) is 34.6. The number of piperidine rings is 1. The van der Waals surface area contributed by atoms with E-state index in [1.807, 2.05) is 60.2 Å². The van der Waals surface area contributed by atoms with Crippen molar-refractivity contribution in [2.45, 2.75) is 83.1 Å². The van der Waals surface area contributed by atoms with Crippen molar-refractivity contribution in [3.8, 4) is 5.88 Å². The van der Waals surface area contributed by atoms with Crippen LogP contribution >= 0.6 is 18.5 Å². The fourth-order valence-electron chi connectivity index (χ4n) is 5.48. The van der Waals surface area contributed by atoms with Crippen molar-refractivity contribution in [1.82, 2.24) is 30.7 Å². The number of hydrogen-bond donors (Lipinski definition) is 2. The molecule has 1 saturated heterocycles. The number of carbonyl (C=O) groups excluding carboxylic acids is 1. The highest BCUT2D eigenvalue weighted by Crippen LogP contribution is 2.49. The van der Waals surface area contributed by atoms with Gasteiger partial charge in [-0.3, -0.25) is 24.3 Å². The molecule has 2 aromatic heterocycles. The second-order valence-electron chi connectivity index (χ2n) is 13.1. The molecule has 2 aliphatic rings. The second kappa shape index (κ2) is 20.8. The van der Waals surface area contributed by atoms with Crippen molar-refractivity contribution in [1.29, 1.82) is 0 Å². The molecule has 6 rings (SSSR count). The van der Waals surface area contributed by atoms with Gasteiger partial charge in [-0.05, 0) is 95.5 Å². The highest BCUT2D eigenvalue weighted by atomic mass is 32.5. The summed E-state index contributed by atoms with van der Waals surface area (Å²) in [4.78, 5) is 29.1. The number of aryl methyl sites for hydroxylation is 1. The number of hydrogen-bond acceptors (Lipinski definition) is 11. The zero-order chi connectivity index (χ0) is 38.4. The summed E-state index contributed by atoms with van der Waals surface area (Å²) in [5.74, 6) is 1.22. The number of fused-ring (bicyclic) bond motifs is 2. The van der Waals surface area contributed by atoms with Gasteiger partial charge < -0.3 is 9.42 Å². The van der Waals surface area contributed by atoms with Crippen LogP contribution in [0.25, 0.3) is 5.57 Å². The minimum Gasteiger partial charge on any atom is -0.406 e. The van der Waals surface area contributed by atoms with Crippen molar-refractivity contribution in [2.24, 2.45) is 0 Å². The maximum Gasteiger partial charge on any atom is 0.381 e. The summed E-state index contributed by atoms with van der Waals surface area (Å²) in [6.07, 6.45) is 5.56. The van der Waals surface area contributed by atoms with E-state index in [4.69, 9.17) is 25.4 Å². The van der Waals surface area contributed by atoms with Crippen LogP contribution in [-0.2, 0) is 20.9 Å². The second-order valence-corrected chi connectivity index (χ2v) is 17.1. The molecule has 0 unspecified atom stereocenters. The Balaban J connectivity index is 0.000000183. The molecule has 4 heterocycles. The van der Waals surface area contributed by atoms with Gasteiger partial charge in [-0.1, -0.05) is 67.6 Å². The number of carbonyl (C=O) groups is 1. The third-order valence-electron chi connectivity index (χ3n) is 8.04. The van der Waals surface area contributed by atoms with Crippen LogP contribution in [0.5, 0.6) is 5.88 Å². The number of nitrogens with one attached hydrogen (secondary N) is 2. The van der Waals surface area contributed by atoms with Crippen molar-refractivity contribution >= 4 is 41.8 Å². The standard InChI is InChI=1S/C19H19NS.C12H21N2O3PS.C9H13N3O/c1-20-12-10-14(11-13-20)19-15-6-2-4-8-17(15)21-18-9-5-3-7-16(18)19;1-6-15-18(19,16-7-2)17-11-8-10(5)13-12(14-11)9(3)4;1-7(2)11-12-9(13)8-3-5-10-6-4-8/h2-9H,10-13H2,1H3;8-9H,6-7H2,1-5H3;3-7,11H,1-2H3,(H,12,13). The predicted molar refractivity (Wildman–Crippen MR) is 219 cm³/mol. The molecule has 10 nitrogen and oxygen atoms in total. The monoisotopic (exact) mass is 776 g/mol. The van der Waals surface area contributed by atoms with Gasteiger partial charge in [0.1, 0.15) is 5.82 Å². The Morgan fingerprint density at radius 3 is 2.00 bits per heavy atom. The summed E-state index contributed by atoms with van der Waals surface area (Å²) in [7, 11) is 2.22. The molecule has 1 amide bonds. The van der Waals surface area contributed by atoms with E-state index in [1.54, 1.807) is 36.2 Å². The molecule has 0 radical (unpaired) electrons. The average Bonchev–Trinajstić information content (AvgIpc) is 3.14. The molecular weight excluding hydrogens is 724 g/mol. The molecule has 2 aliphatic heterocycles. The van der Waals surface area contributed by atoms with Crippen molar-refractivity contribution in [2.75, 3.05) is 33.4 Å². The van der Waals surface area contributed by atoms with Crippen molar-refractivity contribution in [3.05, 3.63) is 113 Å². The third-order valence-corrected chi connectivity index (χ3v) is 11.6. The Morgan fingerprint density at radius 2 is 1.47 bits per heavy atom. The smallest absolute Gasteiger partial charge is 0.381 e. The Hall–Kier alpha value is -3.48. The summed E-state index contributed by atoms with van der Waals surface area (Å²) in [5.41, 5.74) is 12.8. The molecule has 13 heteroatoms. The summed E-state index contributed by atoms with van der Waals surface area (Å²) in [6.45, 7) is 14.0. The lowest BCUT2D eigenvalue weighted by Gasteiger charge is -2.30. The lowest BCUT2D eigenvalue weighted by Crippen LogP contribution is -2.41. The van der Waals surface area contributed by atoms with Gasteiger partial charge in [0.25, 0.3) is 5.91 Å². The Morgan fingerprint density at radius 1 is 0.906 bits per heavy atom. The lowest BCUT2D eigenvalue weighted by molar-refractivity contribution is 0.0927. The highest BCUT2D eigenvalue weighted by Gasteiger charge is 2.25. The number of hydrazine groups is 1. The Labute approximate surface area is 324 Å². The van der Waals surface area contributed by atoms with Crippen LogP contribution in [-0.4, -0.2) is 65.2 Å². The van der Waals surface area contributed by atoms with Gasteiger partial charge in [0.05, 0.1) is 13.2 Å². The topological polar surface area (TPSA) is 111 Å². The molecule has 0 spiro atoms. The van der Waals surface area contributed by atoms with Crippen LogP contribution in [0.4, 0.5) is 0 Å². The Bertz CT molecular complexity index is 1810. The van der Waals surface area contributed by atoms with Gasteiger partial charge in [0, 0.05) is 76.4 Å². The van der Waals surface area contributed by atoms with E-state index < -0.39 is 6.72 Å². The first-order valence-electron chi connectivity index (χ1n) is 18.1. The van der Waals surface area contributed by atoms with Gasteiger partial charge >= 0.3 is 6.72 Å². The van der Waals surface area contributed by atoms with Gasteiger partial charge in [0.2, 0.25) is 5.88 Å². The summed E-state index contributed by atoms with van der Waals surface area (Å²) in [6, 6.07) is 23.0. The number of aromatic nitrogens is 3. The first kappa shape index (κ1) is 42.3. The normalized spacial score (nSPS) is 14.0. The first-order chi connectivity index (χ1) is 25.4. The third kappa shape index (κ3) is 12.8. The van der Waals surface area contributed by atoms with E-state index >= 15 is 0 Å². The van der Waals surface area contributed by atoms with E-state index in [0.29, 0.717) is 24.7 Å². The maximum absolute atomic E-state index is 11.3. The number of benzene rings is 2. The van der Waals surface area contributed by atoms with Gasteiger partial charge in [0.15, 0.2) is 0 Å². The van der Waals surface area contributed by atoms with Gasteiger partial charge in [-0.2, -0.15) is 4.98 Å². The number of likely N-dealkylation sites (tertiary alicyclic amines) is 1. The minimum absolute atomic E-state index is 0.142. The van der Waals surface area contributed by atoms with Gasteiger partial charge in [-0.25, -0.2) is 10.4 Å². The van der Waals surface area contributed by atoms with Gasteiger partial charge in [-0.15, -0.1) is 0 Å². The number of amides is 1. The molecule has 53 heavy (non-hydrogen) atoms. The molecule has 0 atom stereocenters. The van der Waals surface area contributed by atoms with E-state index in [2.05, 4.69) is 86.3 Å². The summed E-state index contributed by atoms with van der Waals surface area (Å²) < 4.78 is 16.6. The molecular formula is C40H53N6O4PS2. The summed E-state index contributed by atoms with van der Waals surface area (Å²) >= 11 is 7.22. The molecule has 2 N–H and O–H groups in total. The maximum atomic E-state index is 11.3. The molecule has 4 aromatic rings. The van der Waals surface area contributed by atoms with E-state index in [9.17, 15) is 4.79 Å². The van der Waals surface area contributed by atoms with Crippen LogP contribution in [0.1, 0.15) is 93.3 Å². The van der Waals surface area contributed by atoms with Crippen LogP contribution in [0, 0.1) is 6.92 Å². The van der Waals surface area contributed by atoms with Crippen LogP contribution in [0.2, 0.25) is 0 Å². The largest absolute Gasteiger partial charge is 0.406 e. The van der Waals surface area contributed by atoms with E-state index in [1.165, 1.54) is 52.4 Å². The number of nitrogens with zero attached hydrogens (tertiary/aromatic N) is 4. The number of pyridine rings is 1. The van der Waals surface area contributed by atoms with Crippen molar-refractivity contribution < 1.29 is 18.4 Å². The van der Waals surface area contributed by atoms with Crippen LogP contribution in [0.3, 0.4) is 0 Å². The molecule has 1 fully saturated rings. The quantitative estimate of drug-likeness (QED) is 0.105. The first-order valence-corrected chi connectivity index (χ1v) is 21.5. The van der Waals surface area contributed by atoms with Crippen LogP contribution in [0.15, 0.2) is 94.5 Å². The molecule has 284 valence electrons. The Kier molecular flexibility index (Phi) is 16.6. The molecule has 0 saturated carbocycles. The average molecular weight is 777 g/mol. The highest BCUT2D eigenvalue weighted by molar-refractivity contribution is 8.07. The minimum atomic E-state index is -2.77. The lowest BCUT2D eigenvalue weighted by atomic mass is 9.88. The fraction of sp³-hybridized carbons (Fsp3) is 0.400. The van der Waals surface area contributed by atoms with E-state index in [0.717, 1.165) is 11.5 Å². The van der Waals surface area contributed by atoms with Crippen molar-refractivity contribution in [3.63, 3.8) is 0 Å². The van der Waals surface area contributed by atoms with Crippen LogP contribution < -0.4 is 15.4 Å². The van der Waals surface area contributed by atoms with E-state index in [-0.39, 0.29) is 17.9 Å². The SMILES string of the molecule is CC(C)NNC(=O)c1ccncc1.CCOP(=S)(OCC)Oc1cc(C)nc(C(C)C)n1.CN1CCC(=C2c3ccccc3Sc3ccccc32)CC1. The zero-order valence-electron chi connectivity index (χ0n) is 32.1. The summed E-state index contributed by atoms with van der Waals surface area (Å²) in [5, 5.41) is 0. The fourth-order valence-corrected chi connectivity index (χ4v) is 8.57. The predicted octanol–water partition coefficient (Wildman–Crippen LogP) is 8.99. The molecule has 0 aliphatic carbocycles. The molecule has 2 aromatic carbocycles. The number of rotatable bonds is 10.